The molecular weight excluding hydrogens is 248 g/mol. The molecule has 18 heavy (non-hydrogen) atoms. The molecule has 98 valence electrons. The maximum absolute atomic E-state index is 12.0. The predicted molar refractivity (Wildman–Crippen MR) is 73.8 cm³/mol. The van der Waals surface area contributed by atoms with Crippen LogP contribution in [0.4, 0.5) is 0 Å². The van der Waals surface area contributed by atoms with Crippen molar-refractivity contribution in [3.63, 3.8) is 0 Å². The number of hydrogen-bond acceptors (Lipinski definition) is 2. The van der Waals surface area contributed by atoms with Crippen LogP contribution >= 0.6 is 12.4 Å². The number of hydrogen-bond donors (Lipinski definition) is 2. The molecule has 1 aromatic rings. The molecule has 3 nitrogen and oxygen atoms in total. The monoisotopic (exact) mass is 266 g/mol. The van der Waals surface area contributed by atoms with Crippen LogP contribution in [0.1, 0.15) is 24.0 Å². The summed E-state index contributed by atoms with van der Waals surface area (Å²) >= 11 is 0. The van der Waals surface area contributed by atoms with E-state index in [1.165, 1.54) is 24.0 Å². The van der Waals surface area contributed by atoms with Crippen molar-refractivity contribution in [2.75, 3.05) is 6.54 Å². The summed E-state index contributed by atoms with van der Waals surface area (Å²) in [6.07, 6.45) is 3.37. The number of fused-ring (bicyclic) bond motifs is 1. The first-order valence-corrected chi connectivity index (χ1v) is 6.41. The SMILES string of the molecule is Cl.O=C(NCC1CC1)C1Cc2ccccc2CN1. The Hall–Kier alpha value is -1.06. The minimum Gasteiger partial charge on any atom is -0.354 e. The lowest BCUT2D eigenvalue weighted by Gasteiger charge is -2.25. The standard InChI is InChI=1S/C14H18N2O.ClH/c17-14(16-8-10-5-6-10)13-7-11-3-1-2-4-12(11)9-15-13;/h1-4,10,13,15H,5-9H2,(H,16,17);1H. The Morgan fingerprint density at radius 1 is 1.28 bits per heavy atom. The van der Waals surface area contributed by atoms with Crippen LogP contribution in [-0.4, -0.2) is 18.5 Å². The number of amides is 1. The molecule has 0 aromatic heterocycles. The van der Waals surface area contributed by atoms with E-state index in [0.717, 1.165) is 25.4 Å². The summed E-state index contributed by atoms with van der Waals surface area (Å²) < 4.78 is 0. The van der Waals surface area contributed by atoms with Crippen LogP contribution < -0.4 is 10.6 Å². The van der Waals surface area contributed by atoms with Gasteiger partial charge in [-0.2, -0.15) is 0 Å². The third-order valence-electron chi connectivity index (χ3n) is 3.66. The molecule has 1 saturated carbocycles. The van der Waals surface area contributed by atoms with Crippen molar-refractivity contribution in [2.45, 2.75) is 31.8 Å². The molecule has 0 spiro atoms. The second-order valence-electron chi connectivity index (χ2n) is 5.09. The summed E-state index contributed by atoms with van der Waals surface area (Å²) in [5.41, 5.74) is 2.62. The van der Waals surface area contributed by atoms with Gasteiger partial charge in [0.25, 0.3) is 0 Å². The first-order valence-electron chi connectivity index (χ1n) is 6.41. The third kappa shape index (κ3) is 3.03. The minimum atomic E-state index is -0.0522. The van der Waals surface area contributed by atoms with Crippen molar-refractivity contribution in [1.29, 1.82) is 0 Å². The zero-order valence-electron chi connectivity index (χ0n) is 10.3. The first-order chi connectivity index (χ1) is 8.33. The molecule has 1 heterocycles. The van der Waals surface area contributed by atoms with E-state index in [4.69, 9.17) is 0 Å². The van der Waals surface area contributed by atoms with Gasteiger partial charge < -0.3 is 10.6 Å². The van der Waals surface area contributed by atoms with E-state index in [1.807, 2.05) is 12.1 Å². The molecule has 2 N–H and O–H groups in total. The molecule has 4 heteroatoms. The number of carbonyl (C=O) groups excluding carboxylic acids is 1. The minimum absolute atomic E-state index is 0. The van der Waals surface area contributed by atoms with Crippen molar-refractivity contribution in [2.24, 2.45) is 5.92 Å². The van der Waals surface area contributed by atoms with E-state index in [-0.39, 0.29) is 24.4 Å². The highest BCUT2D eigenvalue weighted by Gasteiger charge is 2.26. The topological polar surface area (TPSA) is 41.1 Å². The van der Waals surface area contributed by atoms with Crippen molar-refractivity contribution in [1.82, 2.24) is 10.6 Å². The Kier molecular flexibility index (Phi) is 4.25. The van der Waals surface area contributed by atoms with Crippen LogP contribution in [0.25, 0.3) is 0 Å². The van der Waals surface area contributed by atoms with Gasteiger partial charge in [0.15, 0.2) is 0 Å². The van der Waals surface area contributed by atoms with Crippen LogP contribution in [0.3, 0.4) is 0 Å². The van der Waals surface area contributed by atoms with Gasteiger partial charge in [-0.15, -0.1) is 12.4 Å². The predicted octanol–water partition coefficient (Wildman–Crippen LogP) is 1.65. The maximum atomic E-state index is 12.0. The van der Waals surface area contributed by atoms with E-state index in [2.05, 4.69) is 22.8 Å². The van der Waals surface area contributed by atoms with Crippen molar-refractivity contribution >= 4 is 18.3 Å². The van der Waals surface area contributed by atoms with Crippen LogP contribution in [0.5, 0.6) is 0 Å². The lowest BCUT2D eigenvalue weighted by molar-refractivity contribution is -0.123. The van der Waals surface area contributed by atoms with Crippen LogP contribution in [0.15, 0.2) is 24.3 Å². The molecule has 1 amide bonds. The summed E-state index contributed by atoms with van der Waals surface area (Å²) in [5, 5.41) is 6.35. The van der Waals surface area contributed by atoms with Crippen LogP contribution in [0.2, 0.25) is 0 Å². The fourth-order valence-corrected chi connectivity index (χ4v) is 2.33. The van der Waals surface area contributed by atoms with E-state index in [1.54, 1.807) is 0 Å². The molecule has 1 fully saturated rings. The second-order valence-corrected chi connectivity index (χ2v) is 5.09. The van der Waals surface area contributed by atoms with Gasteiger partial charge in [0.05, 0.1) is 6.04 Å². The molecule has 0 radical (unpaired) electrons. The quantitative estimate of drug-likeness (QED) is 0.874. The molecule has 1 aromatic carbocycles. The highest BCUT2D eigenvalue weighted by atomic mass is 35.5. The van der Waals surface area contributed by atoms with Gasteiger partial charge in [-0.05, 0) is 36.3 Å². The summed E-state index contributed by atoms with van der Waals surface area (Å²) in [4.78, 5) is 12.0. The summed E-state index contributed by atoms with van der Waals surface area (Å²) in [6, 6.07) is 8.29. The van der Waals surface area contributed by atoms with Gasteiger partial charge in [0, 0.05) is 13.1 Å². The molecule has 0 bridgehead atoms. The number of benzene rings is 1. The van der Waals surface area contributed by atoms with E-state index in [9.17, 15) is 4.79 Å². The Morgan fingerprint density at radius 2 is 2.00 bits per heavy atom. The average Bonchev–Trinajstić information content (AvgIpc) is 3.19. The molecule has 1 aliphatic heterocycles. The normalized spacial score (nSPS) is 21.7. The number of carbonyl (C=O) groups is 1. The van der Waals surface area contributed by atoms with Crippen LogP contribution in [-0.2, 0) is 17.8 Å². The van der Waals surface area contributed by atoms with Crippen molar-refractivity contribution < 1.29 is 4.79 Å². The number of halogens is 1. The van der Waals surface area contributed by atoms with Gasteiger partial charge in [-0.1, -0.05) is 24.3 Å². The van der Waals surface area contributed by atoms with E-state index >= 15 is 0 Å². The van der Waals surface area contributed by atoms with Crippen molar-refractivity contribution in [3.05, 3.63) is 35.4 Å². The summed E-state index contributed by atoms with van der Waals surface area (Å²) in [5.74, 6) is 0.904. The Morgan fingerprint density at radius 3 is 2.72 bits per heavy atom. The summed E-state index contributed by atoms with van der Waals surface area (Å²) in [6.45, 7) is 1.66. The summed E-state index contributed by atoms with van der Waals surface area (Å²) in [7, 11) is 0. The average molecular weight is 267 g/mol. The highest BCUT2D eigenvalue weighted by molar-refractivity contribution is 5.85. The number of rotatable bonds is 3. The van der Waals surface area contributed by atoms with Crippen LogP contribution in [0, 0.1) is 5.92 Å². The lowest BCUT2D eigenvalue weighted by atomic mass is 9.95. The second kappa shape index (κ2) is 5.72. The Bertz CT molecular complexity index is 432. The van der Waals surface area contributed by atoms with Gasteiger partial charge in [0.2, 0.25) is 5.91 Å². The molecule has 1 atom stereocenters. The molecule has 3 rings (SSSR count). The molecule has 2 aliphatic rings. The highest BCUT2D eigenvalue weighted by Crippen LogP contribution is 2.27. The molecule has 1 aliphatic carbocycles. The number of nitrogens with one attached hydrogen (secondary N) is 2. The van der Waals surface area contributed by atoms with E-state index in [0.29, 0.717) is 0 Å². The van der Waals surface area contributed by atoms with Gasteiger partial charge in [0.1, 0.15) is 0 Å². The largest absolute Gasteiger partial charge is 0.354 e. The molecule has 0 saturated heterocycles. The third-order valence-corrected chi connectivity index (χ3v) is 3.66. The zero-order chi connectivity index (χ0) is 11.7. The fraction of sp³-hybridized carbons (Fsp3) is 0.500. The maximum Gasteiger partial charge on any atom is 0.237 e. The van der Waals surface area contributed by atoms with Gasteiger partial charge >= 0.3 is 0 Å². The molecular formula is C14H19ClN2O. The zero-order valence-corrected chi connectivity index (χ0v) is 11.1. The smallest absolute Gasteiger partial charge is 0.237 e. The van der Waals surface area contributed by atoms with Gasteiger partial charge in [-0.3, -0.25) is 4.79 Å². The fourth-order valence-electron chi connectivity index (χ4n) is 2.33. The first kappa shape index (κ1) is 13.4. The van der Waals surface area contributed by atoms with Crippen molar-refractivity contribution in [3.8, 4) is 0 Å². The van der Waals surface area contributed by atoms with E-state index < -0.39 is 0 Å². The Balaban J connectivity index is 0.00000120. The van der Waals surface area contributed by atoms with Gasteiger partial charge in [-0.25, -0.2) is 0 Å². The Labute approximate surface area is 114 Å². The lowest BCUT2D eigenvalue weighted by Crippen LogP contribution is -2.48. The molecule has 1 unspecified atom stereocenters.